The van der Waals surface area contributed by atoms with Crippen molar-refractivity contribution in [3.05, 3.63) is 32.2 Å². The molecule has 0 nitrogen and oxygen atoms in total. The number of alkyl halides is 1. The monoisotopic (exact) mass is 422 g/mol. The quantitative estimate of drug-likeness (QED) is 0.473. The van der Waals surface area contributed by atoms with Crippen LogP contribution in [0.5, 0.6) is 0 Å². The molecule has 1 unspecified atom stereocenters. The topological polar surface area (TPSA) is 0 Å². The minimum absolute atomic E-state index is 0.481. The zero-order valence-electron chi connectivity index (χ0n) is 9.98. The van der Waals surface area contributed by atoms with Gasteiger partial charge in [-0.1, -0.05) is 67.1 Å². The van der Waals surface area contributed by atoms with Crippen molar-refractivity contribution in [2.45, 2.75) is 43.9 Å². The molecule has 1 saturated carbocycles. The molecule has 0 bridgehead atoms. The third kappa shape index (κ3) is 3.36. The number of aryl methyl sites for hydroxylation is 1. The van der Waals surface area contributed by atoms with Crippen LogP contribution in [0, 0.1) is 12.8 Å². The predicted octanol–water partition coefficient (Wildman–Crippen LogP) is 6.54. The number of rotatable bonds is 2. The molecular weight excluding hydrogens is 408 g/mol. The molecule has 0 aliphatic heterocycles. The number of halogens is 3. The highest BCUT2D eigenvalue weighted by atomic mass is 79.9. The summed E-state index contributed by atoms with van der Waals surface area (Å²) < 4.78 is 2.43. The van der Waals surface area contributed by atoms with Crippen molar-refractivity contribution in [2.24, 2.45) is 5.92 Å². The molecule has 0 saturated heterocycles. The Kier molecular flexibility index (Phi) is 5.14. The summed E-state index contributed by atoms with van der Waals surface area (Å²) in [5, 5.41) is 0. The van der Waals surface area contributed by atoms with Gasteiger partial charge in [0.15, 0.2) is 0 Å². The second kappa shape index (κ2) is 6.21. The molecule has 1 aromatic rings. The van der Waals surface area contributed by atoms with Crippen molar-refractivity contribution in [2.75, 3.05) is 0 Å². The molecule has 1 fully saturated rings. The summed E-state index contributed by atoms with van der Waals surface area (Å²) in [5.74, 6) is 0.787. The van der Waals surface area contributed by atoms with Gasteiger partial charge in [0, 0.05) is 13.8 Å². The van der Waals surface area contributed by atoms with Gasteiger partial charge in [-0.2, -0.15) is 0 Å². The third-order valence-corrected chi connectivity index (χ3v) is 6.42. The van der Waals surface area contributed by atoms with Gasteiger partial charge in [0.2, 0.25) is 0 Å². The Balaban J connectivity index is 2.23. The van der Waals surface area contributed by atoms with E-state index in [1.54, 1.807) is 0 Å². The van der Waals surface area contributed by atoms with Crippen molar-refractivity contribution in [3.63, 3.8) is 0 Å². The van der Waals surface area contributed by atoms with Crippen LogP contribution in [0.15, 0.2) is 21.1 Å². The van der Waals surface area contributed by atoms with Crippen LogP contribution in [0.3, 0.4) is 0 Å². The van der Waals surface area contributed by atoms with E-state index in [1.807, 2.05) is 0 Å². The van der Waals surface area contributed by atoms with E-state index < -0.39 is 0 Å². The summed E-state index contributed by atoms with van der Waals surface area (Å²) in [5.41, 5.74) is 2.67. The van der Waals surface area contributed by atoms with Crippen LogP contribution in [0.4, 0.5) is 0 Å². The van der Waals surface area contributed by atoms with E-state index >= 15 is 0 Å². The fourth-order valence-corrected chi connectivity index (χ4v) is 4.83. The summed E-state index contributed by atoms with van der Waals surface area (Å²) in [6.45, 7) is 2.13. The zero-order chi connectivity index (χ0) is 12.4. The summed E-state index contributed by atoms with van der Waals surface area (Å²) in [6, 6.07) is 4.46. The normalized spacial score (nSPS) is 19.3. The minimum Gasteiger partial charge on any atom is -0.0835 e. The molecule has 1 aliphatic carbocycles. The maximum absolute atomic E-state index is 3.91. The first-order valence-corrected chi connectivity index (χ1v) is 8.69. The molecule has 1 aromatic carbocycles. The Labute approximate surface area is 129 Å². The van der Waals surface area contributed by atoms with Crippen LogP contribution in [-0.4, -0.2) is 0 Å². The largest absolute Gasteiger partial charge is 0.0835 e. The van der Waals surface area contributed by atoms with Gasteiger partial charge in [-0.25, -0.2) is 0 Å². The van der Waals surface area contributed by atoms with E-state index in [0.717, 1.165) is 5.92 Å². The number of benzene rings is 1. The van der Waals surface area contributed by atoms with Gasteiger partial charge in [-0.3, -0.25) is 0 Å². The van der Waals surface area contributed by atoms with E-state index in [2.05, 4.69) is 66.8 Å². The Morgan fingerprint density at radius 1 is 1.06 bits per heavy atom. The average molecular weight is 425 g/mol. The lowest BCUT2D eigenvalue weighted by Crippen LogP contribution is -2.12. The van der Waals surface area contributed by atoms with Crippen LogP contribution in [0.1, 0.15) is 48.1 Å². The third-order valence-electron chi connectivity index (χ3n) is 3.64. The van der Waals surface area contributed by atoms with E-state index in [4.69, 9.17) is 0 Å². The number of hydrogen-bond donors (Lipinski definition) is 0. The van der Waals surface area contributed by atoms with Gasteiger partial charge in [-0.05, 0) is 48.9 Å². The van der Waals surface area contributed by atoms with Gasteiger partial charge in [0.05, 0.1) is 0 Å². The first kappa shape index (κ1) is 14.1. The highest BCUT2D eigenvalue weighted by molar-refractivity contribution is 9.11. The minimum atomic E-state index is 0.481. The van der Waals surface area contributed by atoms with Gasteiger partial charge >= 0.3 is 0 Å². The molecule has 0 heterocycles. The highest BCUT2D eigenvalue weighted by Gasteiger charge is 2.24. The second-order valence-electron chi connectivity index (χ2n) is 4.92. The van der Waals surface area contributed by atoms with E-state index in [9.17, 15) is 0 Å². The molecule has 0 amide bonds. The fraction of sp³-hybridized carbons (Fsp3) is 0.571. The molecule has 0 radical (unpaired) electrons. The van der Waals surface area contributed by atoms with E-state index in [1.165, 1.54) is 52.2 Å². The van der Waals surface area contributed by atoms with Gasteiger partial charge < -0.3 is 0 Å². The zero-order valence-corrected chi connectivity index (χ0v) is 14.7. The summed E-state index contributed by atoms with van der Waals surface area (Å²) >= 11 is 11.2. The van der Waals surface area contributed by atoms with Crippen molar-refractivity contribution in [1.82, 2.24) is 0 Å². The Bertz CT molecular complexity index is 395. The lowest BCUT2D eigenvalue weighted by atomic mass is 9.84. The molecule has 0 spiro atoms. The molecule has 1 atom stereocenters. The fourth-order valence-electron chi connectivity index (χ4n) is 2.55. The van der Waals surface area contributed by atoms with Crippen LogP contribution < -0.4 is 0 Å². The van der Waals surface area contributed by atoms with Crippen molar-refractivity contribution < 1.29 is 0 Å². The SMILES string of the molecule is Cc1cc(Br)c(C(Br)C2CCCCC2)cc1Br. The molecule has 2 rings (SSSR count). The Morgan fingerprint density at radius 3 is 2.35 bits per heavy atom. The van der Waals surface area contributed by atoms with Crippen LogP contribution in [-0.2, 0) is 0 Å². The van der Waals surface area contributed by atoms with Crippen molar-refractivity contribution in [3.8, 4) is 0 Å². The van der Waals surface area contributed by atoms with Gasteiger partial charge in [0.1, 0.15) is 0 Å². The Hall–Kier alpha value is 0.660. The average Bonchev–Trinajstić information content (AvgIpc) is 2.34. The lowest BCUT2D eigenvalue weighted by molar-refractivity contribution is 0.354. The highest BCUT2D eigenvalue weighted by Crippen LogP contribution is 2.43. The molecule has 1 aliphatic rings. The second-order valence-corrected chi connectivity index (χ2v) is 7.62. The predicted molar refractivity (Wildman–Crippen MR) is 84.8 cm³/mol. The molecule has 94 valence electrons. The molecule has 0 aromatic heterocycles. The lowest BCUT2D eigenvalue weighted by Gasteiger charge is -2.27. The standard InChI is InChI=1S/C14H17Br3/c1-9-7-13(16)11(8-12(9)15)14(17)10-5-3-2-4-6-10/h7-8,10,14H,2-6H2,1H3. The number of hydrogen-bond acceptors (Lipinski definition) is 0. The molecule has 17 heavy (non-hydrogen) atoms. The summed E-state index contributed by atoms with van der Waals surface area (Å²) in [4.78, 5) is 0.481. The van der Waals surface area contributed by atoms with Gasteiger partial charge in [-0.15, -0.1) is 0 Å². The van der Waals surface area contributed by atoms with Crippen molar-refractivity contribution in [1.29, 1.82) is 0 Å². The van der Waals surface area contributed by atoms with E-state index in [0.29, 0.717) is 4.83 Å². The van der Waals surface area contributed by atoms with Crippen LogP contribution in [0.2, 0.25) is 0 Å². The molecule has 0 N–H and O–H groups in total. The van der Waals surface area contributed by atoms with Crippen LogP contribution >= 0.6 is 47.8 Å². The maximum Gasteiger partial charge on any atom is 0.0435 e. The molecule has 3 heteroatoms. The summed E-state index contributed by atoms with van der Waals surface area (Å²) in [7, 11) is 0. The molecular formula is C14H17Br3. The first-order valence-electron chi connectivity index (χ1n) is 6.19. The van der Waals surface area contributed by atoms with Crippen LogP contribution in [0.25, 0.3) is 0 Å². The van der Waals surface area contributed by atoms with E-state index in [-0.39, 0.29) is 0 Å². The smallest absolute Gasteiger partial charge is 0.0435 e. The summed E-state index contributed by atoms with van der Waals surface area (Å²) in [6.07, 6.45) is 6.89. The van der Waals surface area contributed by atoms with Crippen molar-refractivity contribution >= 4 is 47.8 Å². The first-order chi connectivity index (χ1) is 8.09. The maximum atomic E-state index is 3.91. The van der Waals surface area contributed by atoms with Gasteiger partial charge in [0.25, 0.3) is 0 Å². The Morgan fingerprint density at radius 2 is 1.71 bits per heavy atom.